The number of nitrogens with two attached hydrogens (primary N) is 1. The SMILES string of the molecule is Nc1cccnc1-c1nc(-c2ccsc2)no1. The summed E-state index contributed by atoms with van der Waals surface area (Å²) in [6.45, 7) is 0. The lowest BCUT2D eigenvalue weighted by Gasteiger charge is -1.96. The van der Waals surface area contributed by atoms with Crippen LogP contribution in [-0.4, -0.2) is 15.1 Å². The number of nitrogen functional groups attached to an aromatic ring is 1. The Bertz CT molecular complexity index is 632. The van der Waals surface area contributed by atoms with Crippen molar-refractivity contribution in [2.24, 2.45) is 0 Å². The van der Waals surface area contributed by atoms with E-state index < -0.39 is 0 Å². The highest BCUT2D eigenvalue weighted by atomic mass is 32.1. The molecule has 0 fully saturated rings. The van der Waals surface area contributed by atoms with Crippen LogP contribution in [0.3, 0.4) is 0 Å². The number of pyridine rings is 1. The summed E-state index contributed by atoms with van der Waals surface area (Å²) in [5.74, 6) is 0.885. The molecule has 3 aromatic rings. The van der Waals surface area contributed by atoms with Gasteiger partial charge in [-0.3, -0.25) is 0 Å². The average molecular weight is 244 g/mol. The van der Waals surface area contributed by atoms with Gasteiger partial charge < -0.3 is 10.3 Å². The van der Waals surface area contributed by atoms with Crippen LogP contribution < -0.4 is 5.73 Å². The van der Waals surface area contributed by atoms with Gasteiger partial charge in [-0.05, 0) is 23.6 Å². The maximum Gasteiger partial charge on any atom is 0.278 e. The third-order valence-electron chi connectivity index (χ3n) is 2.25. The second-order valence-corrected chi connectivity index (χ2v) is 4.16. The predicted molar refractivity (Wildman–Crippen MR) is 65.3 cm³/mol. The minimum Gasteiger partial charge on any atom is -0.397 e. The molecule has 0 bridgehead atoms. The zero-order valence-electron chi connectivity index (χ0n) is 8.70. The van der Waals surface area contributed by atoms with Gasteiger partial charge in [-0.1, -0.05) is 5.16 Å². The molecule has 0 radical (unpaired) electrons. The van der Waals surface area contributed by atoms with E-state index in [1.54, 1.807) is 29.7 Å². The smallest absolute Gasteiger partial charge is 0.278 e. The molecular weight excluding hydrogens is 236 g/mol. The van der Waals surface area contributed by atoms with Crippen molar-refractivity contribution in [2.75, 3.05) is 5.73 Å². The minimum atomic E-state index is 0.337. The number of anilines is 1. The zero-order chi connectivity index (χ0) is 11.7. The maximum absolute atomic E-state index is 5.79. The molecule has 3 heterocycles. The molecule has 0 saturated heterocycles. The van der Waals surface area contributed by atoms with Crippen LogP contribution in [0.5, 0.6) is 0 Å². The Hall–Kier alpha value is -2.21. The molecule has 0 aliphatic heterocycles. The quantitative estimate of drug-likeness (QED) is 0.749. The van der Waals surface area contributed by atoms with Crippen molar-refractivity contribution in [1.82, 2.24) is 15.1 Å². The number of hydrogen-bond acceptors (Lipinski definition) is 6. The third kappa shape index (κ3) is 1.78. The molecule has 3 rings (SSSR count). The monoisotopic (exact) mass is 244 g/mol. The molecule has 17 heavy (non-hydrogen) atoms. The number of thiophene rings is 1. The van der Waals surface area contributed by atoms with Gasteiger partial charge in [0.2, 0.25) is 5.82 Å². The van der Waals surface area contributed by atoms with Crippen molar-refractivity contribution in [2.45, 2.75) is 0 Å². The Morgan fingerprint density at radius 1 is 1.29 bits per heavy atom. The van der Waals surface area contributed by atoms with Crippen molar-refractivity contribution in [3.8, 4) is 23.0 Å². The van der Waals surface area contributed by atoms with Gasteiger partial charge in [-0.2, -0.15) is 16.3 Å². The van der Waals surface area contributed by atoms with E-state index in [4.69, 9.17) is 10.3 Å². The molecule has 0 aromatic carbocycles. The lowest BCUT2D eigenvalue weighted by atomic mass is 10.3. The van der Waals surface area contributed by atoms with Crippen molar-refractivity contribution >= 4 is 17.0 Å². The Morgan fingerprint density at radius 3 is 3.00 bits per heavy atom. The second-order valence-electron chi connectivity index (χ2n) is 3.38. The molecule has 0 saturated carbocycles. The average Bonchev–Trinajstić information content (AvgIpc) is 3.00. The fourth-order valence-electron chi connectivity index (χ4n) is 1.43. The Balaban J connectivity index is 2.04. The topological polar surface area (TPSA) is 77.8 Å². The summed E-state index contributed by atoms with van der Waals surface area (Å²) in [6.07, 6.45) is 1.64. The van der Waals surface area contributed by atoms with Gasteiger partial charge in [0.15, 0.2) is 5.69 Å². The molecule has 0 aliphatic carbocycles. The summed E-state index contributed by atoms with van der Waals surface area (Å²) >= 11 is 1.58. The Kier molecular flexibility index (Phi) is 2.34. The first-order valence-electron chi connectivity index (χ1n) is 4.92. The summed E-state index contributed by atoms with van der Waals surface area (Å²) in [7, 11) is 0. The van der Waals surface area contributed by atoms with Crippen LogP contribution in [-0.2, 0) is 0 Å². The molecule has 3 aromatic heterocycles. The molecule has 6 heteroatoms. The predicted octanol–water partition coefficient (Wildman–Crippen LogP) is 2.44. The highest BCUT2D eigenvalue weighted by molar-refractivity contribution is 7.08. The molecule has 0 aliphatic rings. The van der Waals surface area contributed by atoms with E-state index in [0.717, 1.165) is 5.56 Å². The third-order valence-corrected chi connectivity index (χ3v) is 2.93. The molecule has 2 N–H and O–H groups in total. The molecule has 84 valence electrons. The van der Waals surface area contributed by atoms with Crippen molar-refractivity contribution in [3.63, 3.8) is 0 Å². The summed E-state index contributed by atoms with van der Waals surface area (Å²) in [4.78, 5) is 8.39. The van der Waals surface area contributed by atoms with Crippen LogP contribution >= 0.6 is 11.3 Å². The van der Waals surface area contributed by atoms with E-state index in [9.17, 15) is 0 Å². The van der Waals surface area contributed by atoms with E-state index in [-0.39, 0.29) is 0 Å². The van der Waals surface area contributed by atoms with Gasteiger partial charge in [-0.25, -0.2) is 4.98 Å². The van der Waals surface area contributed by atoms with Gasteiger partial charge in [-0.15, -0.1) is 0 Å². The summed E-state index contributed by atoms with van der Waals surface area (Å²) in [6, 6.07) is 5.44. The highest BCUT2D eigenvalue weighted by Gasteiger charge is 2.13. The normalized spacial score (nSPS) is 10.6. The maximum atomic E-state index is 5.79. The fraction of sp³-hybridized carbons (Fsp3) is 0. The van der Waals surface area contributed by atoms with E-state index in [1.165, 1.54) is 0 Å². The first-order chi connectivity index (χ1) is 8.34. The van der Waals surface area contributed by atoms with Crippen LogP contribution in [0.4, 0.5) is 5.69 Å². The lowest BCUT2D eigenvalue weighted by Crippen LogP contribution is -1.92. The summed E-state index contributed by atoms with van der Waals surface area (Å²) in [5, 5.41) is 7.81. The molecule has 0 atom stereocenters. The van der Waals surface area contributed by atoms with Crippen molar-refractivity contribution < 1.29 is 4.52 Å². The molecule has 0 unspecified atom stereocenters. The molecular formula is C11H8N4OS. The van der Waals surface area contributed by atoms with Gasteiger partial charge in [0, 0.05) is 17.1 Å². The first kappa shape index (κ1) is 9.98. The van der Waals surface area contributed by atoms with Crippen molar-refractivity contribution in [1.29, 1.82) is 0 Å². The number of nitrogens with zero attached hydrogens (tertiary/aromatic N) is 3. The highest BCUT2D eigenvalue weighted by Crippen LogP contribution is 2.25. The fourth-order valence-corrected chi connectivity index (χ4v) is 2.06. The van der Waals surface area contributed by atoms with Crippen LogP contribution in [0, 0.1) is 0 Å². The standard InChI is InChI=1S/C11H8N4OS/c12-8-2-1-4-13-9(8)11-14-10(15-16-11)7-3-5-17-6-7/h1-6H,12H2. The van der Waals surface area contributed by atoms with Gasteiger partial charge in [0.25, 0.3) is 5.89 Å². The number of rotatable bonds is 2. The van der Waals surface area contributed by atoms with Crippen LogP contribution in [0.2, 0.25) is 0 Å². The molecule has 0 amide bonds. The van der Waals surface area contributed by atoms with Gasteiger partial charge in [0.1, 0.15) is 0 Å². The molecule has 5 nitrogen and oxygen atoms in total. The lowest BCUT2D eigenvalue weighted by molar-refractivity contribution is 0.431. The van der Waals surface area contributed by atoms with Crippen LogP contribution in [0.1, 0.15) is 0 Å². The Morgan fingerprint density at radius 2 is 2.24 bits per heavy atom. The Labute approximate surface area is 101 Å². The van der Waals surface area contributed by atoms with E-state index in [2.05, 4.69) is 15.1 Å². The number of hydrogen-bond donors (Lipinski definition) is 1. The van der Waals surface area contributed by atoms with Crippen LogP contribution in [0.15, 0.2) is 39.7 Å². The first-order valence-corrected chi connectivity index (χ1v) is 5.86. The molecule has 0 spiro atoms. The van der Waals surface area contributed by atoms with Gasteiger partial charge in [0.05, 0.1) is 5.69 Å². The summed E-state index contributed by atoms with van der Waals surface area (Å²) < 4.78 is 5.16. The van der Waals surface area contributed by atoms with E-state index in [1.807, 2.05) is 16.8 Å². The van der Waals surface area contributed by atoms with Gasteiger partial charge >= 0.3 is 0 Å². The summed E-state index contributed by atoms with van der Waals surface area (Å²) in [5.41, 5.74) is 7.76. The number of aromatic nitrogens is 3. The largest absolute Gasteiger partial charge is 0.397 e. The van der Waals surface area contributed by atoms with E-state index in [0.29, 0.717) is 23.1 Å². The minimum absolute atomic E-state index is 0.337. The van der Waals surface area contributed by atoms with E-state index >= 15 is 0 Å². The second kappa shape index (κ2) is 3.99. The van der Waals surface area contributed by atoms with Crippen molar-refractivity contribution in [3.05, 3.63) is 35.2 Å². The zero-order valence-corrected chi connectivity index (χ0v) is 9.52. The van der Waals surface area contributed by atoms with Crippen LogP contribution in [0.25, 0.3) is 23.0 Å².